The van der Waals surface area contributed by atoms with E-state index < -0.39 is 0 Å². The van der Waals surface area contributed by atoms with Gasteiger partial charge >= 0.3 is 0 Å². The number of rotatable bonds is 6. The highest BCUT2D eigenvalue weighted by Crippen LogP contribution is 2.30. The maximum Gasteiger partial charge on any atom is 0.103 e. The Kier molecular flexibility index (Phi) is 6.45. The molecule has 0 fully saturated rings. The molecule has 0 aromatic heterocycles. The monoisotopic (exact) mass is 280 g/mol. The quantitative estimate of drug-likeness (QED) is 0.739. The summed E-state index contributed by atoms with van der Waals surface area (Å²) in [5, 5.41) is 9.37. The van der Waals surface area contributed by atoms with E-state index >= 15 is 0 Å². The van der Waals surface area contributed by atoms with Crippen molar-refractivity contribution in [1.29, 1.82) is 5.26 Å². The zero-order valence-corrected chi connectivity index (χ0v) is 13.1. The number of thioether (sulfide) groups is 2. The van der Waals surface area contributed by atoms with E-state index in [9.17, 15) is 5.26 Å². The third-order valence-electron chi connectivity index (χ3n) is 3.09. The van der Waals surface area contributed by atoms with Crippen molar-refractivity contribution in [3.05, 3.63) is 23.8 Å². The van der Waals surface area contributed by atoms with E-state index in [2.05, 4.69) is 31.2 Å². The van der Waals surface area contributed by atoms with Gasteiger partial charge in [0.25, 0.3) is 0 Å². The van der Waals surface area contributed by atoms with Gasteiger partial charge < -0.3 is 4.90 Å². The molecule has 2 nitrogen and oxygen atoms in total. The zero-order chi connectivity index (χ0) is 13.5. The molecule has 4 heteroatoms. The van der Waals surface area contributed by atoms with Gasteiger partial charge in [-0.05, 0) is 31.1 Å². The van der Waals surface area contributed by atoms with Crippen LogP contribution in [0.1, 0.15) is 18.9 Å². The predicted molar refractivity (Wildman–Crippen MR) is 83.8 cm³/mol. The summed E-state index contributed by atoms with van der Waals surface area (Å²) in [6, 6.07) is 8.91. The molecule has 0 amide bonds. The van der Waals surface area contributed by atoms with Crippen LogP contribution in [0.4, 0.5) is 5.69 Å². The molecule has 0 spiro atoms. The van der Waals surface area contributed by atoms with Gasteiger partial charge in [0.2, 0.25) is 0 Å². The lowest BCUT2D eigenvalue weighted by Crippen LogP contribution is -2.33. The van der Waals surface area contributed by atoms with E-state index in [1.807, 2.05) is 36.2 Å². The summed E-state index contributed by atoms with van der Waals surface area (Å²) in [7, 11) is 2.09. The summed E-state index contributed by atoms with van der Waals surface area (Å²) >= 11 is 3.48. The number of nitrogens with zero attached hydrogens (tertiary/aromatic N) is 2. The minimum Gasteiger partial charge on any atom is -0.370 e. The van der Waals surface area contributed by atoms with Crippen LogP contribution in [0, 0.1) is 11.3 Å². The second kappa shape index (κ2) is 7.60. The van der Waals surface area contributed by atoms with Gasteiger partial charge in [0.1, 0.15) is 6.07 Å². The van der Waals surface area contributed by atoms with Crippen molar-refractivity contribution < 1.29 is 0 Å². The first kappa shape index (κ1) is 15.3. The normalized spacial score (nSPS) is 11.9. The summed E-state index contributed by atoms with van der Waals surface area (Å²) in [5.74, 6) is 1.08. The van der Waals surface area contributed by atoms with Crippen molar-refractivity contribution in [2.45, 2.75) is 24.3 Å². The van der Waals surface area contributed by atoms with Gasteiger partial charge in [-0.25, -0.2) is 0 Å². The Bertz CT molecular complexity index is 426. The number of anilines is 1. The summed E-state index contributed by atoms with van der Waals surface area (Å²) in [6.45, 7) is 2.20. The van der Waals surface area contributed by atoms with Crippen molar-refractivity contribution in [2.24, 2.45) is 0 Å². The Morgan fingerprint density at radius 3 is 2.61 bits per heavy atom. The van der Waals surface area contributed by atoms with E-state index in [1.165, 1.54) is 0 Å². The lowest BCUT2D eigenvalue weighted by atomic mass is 10.1. The van der Waals surface area contributed by atoms with Gasteiger partial charge in [-0.3, -0.25) is 0 Å². The Hall–Kier alpha value is -0.790. The van der Waals surface area contributed by atoms with Crippen LogP contribution in [0.5, 0.6) is 0 Å². The Balaban J connectivity index is 3.12. The minimum absolute atomic E-state index is 0.476. The molecule has 0 saturated carbocycles. The maximum absolute atomic E-state index is 9.37. The van der Waals surface area contributed by atoms with Gasteiger partial charge in [-0.2, -0.15) is 17.0 Å². The second-order valence-electron chi connectivity index (χ2n) is 4.09. The lowest BCUT2D eigenvalue weighted by molar-refractivity contribution is 0.672. The maximum atomic E-state index is 9.37. The second-order valence-corrected chi connectivity index (χ2v) is 5.85. The molecule has 0 aliphatic carbocycles. The molecule has 1 aromatic rings. The molecule has 1 rings (SSSR count). The highest BCUT2D eigenvalue weighted by Gasteiger charge is 2.17. The molecule has 0 aliphatic rings. The SMILES string of the molecule is CCC(CSC)N(C)c1cccc(SC)c1C#N. The summed E-state index contributed by atoms with van der Waals surface area (Å²) in [4.78, 5) is 3.30. The molecule has 0 saturated heterocycles. The predicted octanol–water partition coefficient (Wildman–Crippen LogP) is 3.86. The molecule has 1 aromatic carbocycles. The van der Waals surface area contributed by atoms with Crippen LogP contribution < -0.4 is 4.90 Å². The third kappa shape index (κ3) is 3.37. The molecule has 0 radical (unpaired) electrons. The number of hydrogen-bond donors (Lipinski definition) is 0. The standard InChI is InChI=1S/C14H20N2S2/c1-5-11(10-17-3)16(2)13-7-6-8-14(18-4)12(13)9-15/h6-8,11H,5,10H2,1-4H3. The first-order chi connectivity index (χ1) is 8.69. The molecular weight excluding hydrogens is 260 g/mol. The Morgan fingerprint density at radius 2 is 2.11 bits per heavy atom. The van der Waals surface area contributed by atoms with E-state index in [4.69, 9.17) is 0 Å². The van der Waals surface area contributed by atoms with Crippen molar-refractivity contribution in [2.75, 3.05) is 30.2 Å². The van der Waals surface area contributed by atoms with E-state index in [0.717, 1.165) is 28.3 Å². The Labute approximate surface area is 119 Å². The van der Waals surface area contributed by atoms with Crippen LogP contribution in [0.3, 0.4) is 0 Å². The molecule has 1 unspecified atom stereocenters. The van der Waals surface area contributed by atoms with Gasteiger partial charge in [0.05, 0.1) is 11.3 Å². The van der Waals surface area contributed by atoms with Crippen LogP contribution in [-0.2, 0) is 0 Å². The third-order valence-corrected chi connectivity index (χ3v) is 4.59. The highest BCUT2D eigenvalue weighted by molar-refractivity contribution is 7.98. The van der Waals surface area contributed by atoms with Gasteiger partial charge in [0, 0.05) is 23.7 Å². The van der Waals surface area contributed by atoms with Crippen molar-refractivity contribution in [1.82, 2.24) is 0 Å². The lowest BCUT2D eigenvalue weighted by Gasteiger charge is -2.30. The van der Waals surface area contributed by atoms with E-state index in [0.29, 0.717) is 6.04 Å². The van der Waals surface area contributed by atoms with Gasteiger partial charge in [0.15, 0.2) is 0 Å². The first-order valence-electron chi connectivity index (χ1n) is 5.98. The zero-order valence-electron chi connectivity index (χ0n) is 11.4. The minimum atomic E-state index is 0.476. The smallest absolute Gasteiger partial charge is 0.103 e. The molecule has 1 atom stereocenters. The van der Waals surface area contributed by atoms with Gasteiger partial charge in [-0.15, -0.1) is 11.8 Å². The van der Waals surface area contributed by atoms with Crippen LogP contribution in [-0.4, -0.2) is 31.4 Å². The molecular formula is C14H20N2S2. The van der Waals surface area contributed by atoms with Crippen LogP contribution in [0.15, 0.2) is 23.1 Å². The number of benzene rings is 1. The average Bonchev–Trinajstić information content (AvgIpc) is 2.42. The summed E-state index contributed by atoms with van der Waals surface area (Å²) in [5.41, 5.74) is 1.84. The number of nitriles is 1. The largest absolute Gasteiger partial charge is 0.370 e. The Morgan fingerprint density at radius 1 is 1.39 bits per heavy atom. The fourth-order valence-electron chi connectivity index (χ4n) is 1.99. The van der Waals surface area contributed by atoms with Gasteiger partial charge in [-0.1, -0.05) is 13.0 Å². The van der Waals surface area contributed by atoms with Crippen LogP contribution in [0.2, 0.25) is 0 Å². The summed E-state index contributed by atoms with van der Waals surface area (Å²) < 4.78 is 0. The fraction of sp³-hybridized carbons (Fsp3) is 0.500. The summed E-state index contributed by atoms with van der Waals surface area (Å²) in [6.07, 6.45) is 5.23. The molecule has 98 valence electrons. The highest BCUT2D eigenvalue weighted by atomic mass is 32.2. The first-order valence-corrected chi connectivity index (χ1v) is 8.60. The molecule has 0 bridgehead atoms. The van der Waals surface area contributed by atoms with Crippen molar-refractivity contribution >= 4 is 29.2 Å². The van der Waals surface area contributed by atoms with Crippen molar-refractivity contribution in [3.8, 4) is 6.07 Å². The molecule has 18 heavy (non-hydrogen) atoms. The topological polar surface area (TPSA) is 27.0 Å². The molecule has 0 aliphatic heterocycles. The van der Waals surface area contributed by atoms with Crippen molar-refractivity contribution in [3.63, 3.8) is 0 Å². The fourth-order valence-corrected chi connectivity index (χ4v) is 3.40. The number of hydrogen-bond acceptors (Lipinski definition) is 4. The molecule has 0 N–H and O–H groups in total. The molecule has 0 heterocycles. The van der Waals surface area contributed by atoms with E-state index in [-0.39, 0.29) is 0 Å². The average molecular weight is 280 g/mol. The van der Waals surface area contributed by atoms with Crippen LogP contribution in [0.25, 0.3) is 0 Å². The van der Waals surface area contributed by atoms with Crippen LogP contribution >= 0.6 is 23.5 Å². The van der Waals surface area contributed by atoms with E-state index in [1.54, 1.807) is 11.8 Å².